The fourth-order valence-electron chi connectivity index (χ4n) is 0.289. The van der Waals surface area contributed by atoms with Crippen LogP contribution in [0.1, 0.15) is 13.3 Å². The van der Waals surface area contributed by atoms with Crippen LogP contribution in [0.4, 0.5) is 0 Å². The summed E-state index contributed by atoms with van der Waals surface area (Å²) in [7, 11) is 0. The molecule has 0 amide bonds. The summed E-state index contributed by atoms with van der Waals surface area (Å²) in [5.74, 6) is 0. The maximum Gasteiger partial charge on any atom is 0.0391 e. The summed E-state index contributed by atoms with van der Waals surface area (Å²) in [6, 6.07) is 0. The third kappa shape index (κ3) is 5.32. The second-order valence-corrected chi connectivity index (χ2v) is 1.30. The quantitative estimate of drug-likeness (QED) is 0.413. The molecular weight excluding hydrogens is 86.1 g/mol. The second kappa shape index (κ2) is 5.32. The predicted molar refractivity (Wildman–Crippen MR) is 32.0 cm³/mol. The topological polar surface area (TPSA) is 12.0 Å². The molecule has 7 heavy (non-hydrogen) atoms. The smallest absolute Gasteiger partial charge is 0.0391 e. The van der Waals surface area contributed by atoms with E-state index in [1.807, 2.05) is 0 Å². The van der Waals surface area contributed by atoms with Crippen LogP contribution in [0.25, 0.3) is 0 Å². The Labute approximate surface area is 44.7 Å². The van der Waals surface area contributed by atoms with E-state index >= 15 is 0 Å². The van der Waals surface area contributed by atoms with Crippen molar-refractivity contribution >= 4 is 0 Å². The zero-order valence-electron chi connectivity index (χ0n) is 4.70. The van der Waals surface area contributed by atoms with Crippen LogP contribution in [0.3, 0.4) is 0 Å². The summed E-state index contributed by atoms with van der Waals surface area (Å²) in [5, 5.41) is 2.99. The molecule has 0 aliphatic carbocycles. The highest BCUT2D eigenvalue weighted by Crippen LogP contribution is 1.66. The van der Waals surface area contributed by atoms with Gasteiger partial charge in [-0.2, -0.15) is 0 Å². The Kier molecular flexibility index (Phi) is 4.80. The lowest BCUT2D eigenvalue weighted by atomic mass is 10.5. The molecule has 0 spiro atoms. The van der Waals surface area contributed by atoms with Crippen LogP contribution in [0.5, 0.6) is 0 Å². The summed E-state index contributed by atoms with van der Waals surface area (Å²) in [4.78, 5) is 0. The minimum Gasteiger partial charge on any atom is -0.385 e. The van der Waals surface area contributed by atoms with E-state index in [0.717, 1.165) is 13.0 Å². The van der Waals surface area contributed by atoms with Crippen LogP contribution in [-0.2, 0) is 0 Å². The second-order valence-electron chi connectivity index (χ2n) is 1.30. The first-order valence-electron chi connectivity index (χ1n) is 2.49. The van der Waals surface area contributed by atoms with Gasteiger partial charge in [-0.3, -0.25) is 0 Å². The van der Waals surface area contributed by atoms with E-state index in [9.17, 15) is 0 Å². The van der Waals surface area contributed by atoms with Crippen molar-refractivity contribution in [1.29, 1.82) is 0 Å². The molecule has 0 rings (SSSR count). The van der Waals surface area contributed by atoms with Gasteiger partial charge in [-0.25, -0.2) is 0 Å². The van der Waals surface area contributed by atoms with Crippen LogP contribution >= 0.6 is 0 Å². The van der Waals surface area contributed by atoms with Gasteiger partial charge in [0.15, 0.2) is 0 Å². The minimum atomic E-state index is 1.02. The Morgan fingerprint density at radius 1 is 1.86 bits per heavy atom. The molecule has 0 heterocycles. The minimum absolute atomic E-state index is 1.02. The summed E-state index contributed by atoms with van der Waals surface area (Å²) in [5.41, 5.74) is 2.62. The van der Waals surface area contributed by atoms with Crippen molar-refractivity contribution in [1.82, 2.24) is 5.32 Å². The zero-order valence-corrected chi connectivity index (χ0v) is 4.70. The van der Waals surface area contributed by atoms with E-state index in [-0.39, 0.29) is 0 Å². The average Bonchev–Trinajstić information content (AvgIpc) is 1.69. The largest absolute Gasteiger partial charge is 0.385 e. The monoisotopic (exact) mass is 97.1 g/mol. The molecule has 0 radical (unpaired) electrons. The molecule has 0 aromatic heterocycles. The number of hydrogen-bond acceptors (Lipinski definition) is 1. The third-order valence-electron chi connectivity index (χ3n) is 0.598. The Hall–Kier alpha value is -0.680. The van der Waals surface area contributed by atoms with Gasteiger partial charge < -0.3 is 5.32 Å². The Balaban J connectivity index is 2.83. The Morgan fingerprint density at radius 3 is 3.00 bits per heavy atom. The van der Waals surface area contributed by atoms with Crippen molar-refractivity contribution in [3.8, 4) is 0 Å². The molecular formula is C6H11N. The van der Waals surface area contributed by atoms with Gasteiger partial charge in [0.2, 0.25) is 0 Å². The van der Waals surface area contributed by atoms with Crippen molar-refractivity contribution in [2.45, 2.75) is 13.3 Å². The van der Waals surface area contributed by atoms with E-state index < -0.39 is 0 Å². The fraction of sp³-hybridized carbons (Fsp3) is 0.500. The molecule has 0 saturated heterocycles. The number of rotatable bonds is 3. The fourth-order valence-corrected chi connectivity index (χ4v) is 0.289. The lowest BCUT2D eigenvalue weighted by Gasteiger charge is -1.89. The molecule has 0 aromatic carbocycles. The first-order chi connectivity index (χ1) is 3.41. The van der Waals surface area contributed by atoms with Gasteiger partial charge in [-0.05, 0) is 6.42 Å². The van der Waals surface area contributed by atoms with E-state index in [1.165, 1.54) is 0 Å². The highest BCUT2D eigenvalue weighted by atomic mass is 14.8. The zero-order chi connectivity index (χ0) is 5.54. The summed E-state index contributed by atoms with van der Waals surface area (Å²) in [6.45, 7) is 6.52. The molecule has 1 heteroatoms. The van der Waals surface area contributed by atoms with Crippen LogP contribution in [0.2, 0.25) is 0 Å². The van der Waals surface area contributed by atoms with E-state index in [0.29, 0.717) is 0 Å². The van der Waals surface area contributed by atoms with Crippen LogP contribution in [0.15, 0.2) is 18.5 Å². The molecule has 0 aromatic rings. The SMILES string of the molecule is C=C=CNCCC. The van der Waals surface area contributed by atoms with E-state index in [2.05, 4.69) is 24.6 Å². The Morgan fingerprint density at radius 2 is 2.57 bits per heavy atom. The summed E-state index contributed by atoms with van der Waals surface area (Å²) in [6.07, 6.45) is 2.88. The van der Waals surface area contributed by atoms with Gasteiger partial charge in [-0.15, -0.1) is 5.73 Å². The van der Waals surface area contributed by atoms with E-state index in [4.69, 9.17) is 0 Å². The van der Waals surface area contributed by atoms with Gasteiger partial charge in [0.05, 0.1) is 0 Å². The standard InChI is InChI=1S/C6H11N/c1-3-5-7-6-4-2/h5,7H,1,4,6H2,2H3. The molecule has 0 unspecified atom stereocenters. The third-order valence-corrected chi connectivity index (χ3v) is 0.598. The van der Waals surface area contributed by atoms with Crippen molar-refractivity contribution in [3.63, 3.8) is 0 Å². The van der Waals surface area contributed by atoms with Crippen molar-refractivity contribution in [2.75, 3.05) is 6.54 Å². The van der Waals surface area contributed by atoms with Gasteiger partial charge in [0.1, 0.15) is 0 Å². The molecule has 0 saturated carbocycles. The van der Waals surface area contributed by atoms with Crippen LogP contribution < -0.4 is 5.32 Å². The molecule has 1 N–H and O–H groups in total. The molecule has 0 aliphatic heterocycles. The summed E-state index contributed by atoms with van der Waals surface area (Å²) < 4.78 is 0. The van der Waals surface area contributed by atoms with Crippen LogP contribution in [0, 0.1) is 0 Å². The molecule has 0 aliphatic rings. The summed E-state index contributed by atoms with van der Waals surface area (Å²) >= 11 is 0. The maximum atomic E-state index is 3.39. The van der Waals surface area contributed by atoms with Gasteiger partial charge >= 0.3 is 0 Å². The predicted octanol–water partition coefficient (Wildman–Crippen LogP) is 1.28. The van der Waals surface area contributed by atoms with Crippen molar-refractivity contribution < 1.29 is 0 Å². The van der Waals surface area contributed by atoms with Crippen molar-refractivity contribution in [2.24, 2.45) is 0 Å². The number of nitrogens with one attached hydrogen (secondary N) is 1. The van der Waals surface area contributed by atoms with Gasteiger partial charge in [0.25, 0.3) is 0 Å². The normalized spacial score (nSPS) is 7.00. The lowest BCUT2D eigenvalue weighted by Crippen LogP contribution is -2.03. The molecule has 0 bridgehead atoms. The maximum absolute atomic E-state index is 3.39. The number of hydrogen-bond donors (Lipinski definition) is 1. The molecule has 1 nitrogen and oxygen atoms in total. The van der Waals surface area contributed by atoms with Crippen LogP contribution in [-0.4, -0.2) is 6.54 Å². The first kappa shape index (κ1) is 6.32. The Bertz CT molecular complexity index is 70.2. The van der Waals surface area contributed by atoms with E-state index in [1.54, 1.807) is 6.20 Å². The van der Waals surface area contributed by atoms with Gasteiger partial charge in [-0.1, -0.05) is 13.5 Å². The molecule has 0 atom stereocenters. The molecule has 40 valence electrons. The highest BCUT2D eigenvalue weighted by molar-refractivity contribution is 4.71. The van der Waals surface area contributed by atoms with Gasteiger partial charge in [0, 0.05) is 12.7 Å². The first-order valence-corrected chi connectivity index (χ1v) is 2.49. The lowest BCUT2D eigenvalue weighted by molar-refractivity contribution is 0.810. The highest BCUT2D eigenvalue weighted by Gasteiger charge is 1.68. The molecule has 0 fully saturated rings. The van der Waals surface area contributed by atoms with Crippen molar-refractivity contribution in [3.05, 3.63) is 18.5 Å². The average molecular weight is 97.2 g/mol.